The van der Waals surface area contributed by atoms with E-state index in [-0.39, 0.29) is 46.1 Å². The quantitative estimate of drug-likeness (QED) is 0.522. The third-order valence-corrected chi connectivity index (χ3v) is 9.55. The highest BCUT2D eigenvalue weighted by molar-refractivity contribution is 7.92. The van der Waals surface area contributed by atoms with Gasteiger partial charge in [-0.15, -0.1) is 0 Å². The number of Topliss-reactive ketones (excluding diaryl/α,β-unsaturated/α-hetero) is 2. The summed E-state index contributed by atoms with van der Waals surface area (Å²) in [6.45, 7) is 1.39. The van der Waals surface area contributed by atoms with E-state index in [1.54, 1.807) is 12.1 Å². The normalized spacial score (nSPS) is 21.1. The number of sulfone groups is 1. The molecule has 2 atom stereocenters. The summed E-state index contributed by atoms with van der Waals surface area (Å²) in [5.41, 5.74) is 1.79. The number of ketones is 2. The largest absolute Gasteiger partial charge is 0.309 e. The molecule has 1 aromatic heterocycles. The molecule has 3 aliphatic rings. The minimum absolute atomic E-state index is 0.101. The van der Waals surface area contributed by atoms with Gasteiger partial charge in [-0.3, -0.25) is 14.4 Å². The zero-order valence-electron chi connectivity index (χ0n) is 19.7. The molecule has 1 amide bonds. The van der Waals surface area contributed by atoms with Crippen LogP contribution in [0.15, 0.2) is 35.5 Å². The molecule has 184 valence electrons. The second-order valence-electron chi connectivity index (χ2n) is 10.1. The standard InChI is InChI=1S/C26H29N3O5S/c1-15(30)23-13-28-25(14-27-23)29-26(32)22(11-16-2-6-19(31)10-16)18-5-9-24(21(12-18)17-3-4-17)35(33,34)20-7-8-20/h5,9,12-14,16-17,20,22H,2-4,6-8,10-11H2,1H3,(H,28,29,32)/t16-,22+/m0/s1. The van der Waals surface area contributed by atoms with E-state index in [9.17, 15) is 22.8 Å². The van der Waals surface area contributed by atoms with Gasteiger partial charge in [0, 0.05) is 19.8 Å². The lowest BCUT2D eigenvalue weighted by Crippen LogP contribution is -2.24. The van der Waals surface area contributed by atoms with Gasteiger partial charge in [0.1, 0.15) is 11.5 Å². The number of hydrogen-bond donors (Lipinski definition) is 1. The smallest absolute Gasteiger partial charge is 0.233 e. The molecule has 1 heterocycles. The number of aromatic nitrogens is 2. The van der Waals surface area contributed by atoms with E-state index in [4.69, 9.17) is 0 Å². The third kappa shape index (κ3) is 5.19. The Balaban J connectivity index is 1.45. The van der Waals surface area contributed by atoms with Gasteiger partial charge in [0.25, 0.3) is 0 Å². The zero-order chi connectivity index (χ0) is 24.7. The number of hydrogen-bond acceptors (Lipinski definition) is 7. The summed E-state index contributed by atoms with van der Waals surface area (Å²) in [6, 6.07) is 5.34. The molecule has 1 aromatic carbocycles. The SMILES string of the molecule is CC(=O)c1cnc(NC(=O)[C@H](C[C@H]2CCC(=O)C2)c2ccc(S(=O)(=O)C3CC3)c(C3CC3)c2)cn1. The van der Waals surface area contributed by atoms with Crippen molar-refractivity contribution in [1.29, 1.82) is 0 Å². The van der Waals surface area contributed by atoms with Crippen LogP contribution in [0, 0.1) is 5.92 Å². The Kier molecular flexibility index (Phi) is 6.29. The summed E-state index contributed by atoms with van der Waals surface area (Å²) in [6.07, 6.45) is 8.22. The fourth-order valence-electron chi connectivity index (χ4n) is 4.92. The van der Waals surface area contributed by atoms with Gasteiger partial charge >= 0.3 is 0 Å². The van der Waals surface area contributed by atoms with Crippen LogP contribution >= 0.6 is 0 Å². The fraction of sp³-hybridized carbons (Fsp3) is 0.500. The van der Waals surface area contributed by atoms with Crippen LogP contribution in [-0.2, 0) is 19.4 Å². The molecule has 0 bridgehead atoms. The Bertz CT molecular complexity index is 1280. The number of nitrogens with zero attached hydrogens (tertiary/aromatic N) is 2. The number of nitrogens with one attached hydrogen (secondary N) is 1. The van der Waals surface area contributed by atoms with E-state index in [1.165, 1.54) is 19.3 Å². The molecule has 35 heavy (non-hydrogen) atoms. The molecule has 0 radical (unpaired) electrons. The molecule has 5 rings (SSSR count). The van der Waals surface area contributed by atoms with Gasteiger partial charge in [-0.2, -0.15) is 0 Å². The number of carbonyl (C=O) groups excluding carboxylic acids is 3. The molecule has 1 N–H and O–H groups in total. The summed E-state index contributed by atoms with van der Waals surface area (Å²) in [7, 11) is -3.34. The van der Waals surface area contributed by atoms with Crippen molar-refractivity contribution in [2.45, 2.75) is 80.3 Å². The minimum atomic E-state index is -3.34. The van der Waals surface area contributed by atoms with E-state index in [1.807, 2.05) is 6.07 Å². The molecule has 0 aliphatic heterocycles. The van der Waals surface area contributed by atoms with Crippen LogP contribution in [0.1, 0.15) is 91.7 Å². The van der Waals surface area contributed by atoms with Crippen molar-refractivity contribution >= 4 is 33.1 Å². The van der Waals surface area contributed by atoms with Crippen LogP contribution in [0.2, 0.25) is 0 Å². The Hall–Kier alpha value is -2.94. The van der Waals surface area contributed by atoms with E-state index >= 15 is 0 Å². The number of carbonyl (C=O) groups is 3. The fourth-order valence-corrected chi connectivity index (χ4v) is 6.85. The van der Waals surface area contributed by atoms with Gasteiger partial charge in [-0.25, -0.2) is 18.4 Å². The van der Waals surface area contributed by atoms with Crippen LogP contribution in [0.25, 0.3) is 0 Å². The van der Waals surface area contributed by atoms with Gasteiger partial charge in [0.15, 0.2) is 21.4 Å². The maximum absolute atomic E-state index is 13.4. The maximum atomic E-state index is 13.4. The predicted octanol–water partition coefficient (Wildman–Crippen LogP) is 3.97. The van der Waals surface area contributed by atoms with E-state index in [2.05, 4.69) is 15.3 Å². The number of amides is 1. The summed E-state index contributed by atoms with van der Waals surface area (Å²) in [5, 5.41) is 2.52. The Labute approximate surface area is 204 Å². The van der Waals surface area contributed by atoms with Crippen molar-refractivity contribution in [2.24, 2.45) is 5.92 Å². The van der Waals surface area contributed by atoms with Crippen LogP contribution in [0.3, 0.4) is 0 Å². The molecule has 3 aliphatic carbocycles. The zero-order valence-corrected chi connectivity index (χ0v) is 20.5. The van der Waals surface area contributed by atoms with Crippen LogP contribution in [-0.4, -0.2) is 41.1 Å². The second-order valence-corrected chi connectivity index (χ2v) is 12.3. The first-order valence-electron chi connectivity index (χ1n) is 12.3. The molecule has 3 fully saturated rings. The number of rotatable bonds is 9. The first-order valence-corrected chi connectivity index (χ1v) is 13.8. The highest BCUT2D eigenvalue weighted by Crippen LogP contribution is 2.47. The lowest BCUT2D eigenvalue weighted by atomic mass is 9.86. The highest BCUT2D eigenvalue weighted by Gasteiger charge is 2.41. The molecule has 2 aromatic rings. The highest BCUT2D eigenvalue weighted by atomic mass is 32.2. The summed E-state index contributed by atoms with van der Waals surface area (Å²) in [4.78, 5) is 45.4. The van der Waals surface area contributed by atoms with Crippen LogP contribution in [0.5, 0.6) is 0 Å². The maximum Gasteiger partial charge on any atom is 0.233 e. The average Bonchev–Trinajstić information content (AvgIpc) is 3.75. The molecule has 0 saturated heterocycles. The predicted molar refractivity (Wildman–Crippen MR) is 129 cm³/mol. The van der Waals surface area contributed by atoms with Gasteiger partial charge < -0.3 is 5.32 Å². The van der Waals surface area contributed by atoms with Gasteiger partial charge in [-0.1, -0.05) is 12.1 Å². The Morgan fingerprint density at radius 2 is 1.86 bits per heavy atom. The molecule has 8 nitrogen and oxygen atoms in total. The average molecular weight is 496 g/mol. The van der Waals surface area contributed by atoms with E-state index in [0.717, 1.165) is 30.4 Å². The Morgan fingerprint density at radius 3 is 2.43 bits per heavy atom. The first kappa shape index (κ1) is 23.8. The lowest BCUT2D eigenvalue weighted by molar-refractivity contribution is -0.119. The molecule has 9 heteroatoms. The van der Waals surface area contributed by atoms with Gasteiger partial charge in [0.2, 0.25) is 5.91 Å². The second kappa shape index (κ2) is 9.26. The molecule has 3 saturated carbocycles. The topological polar surface area (TPSA) is 123 Å². The van der Waals surface area contributed by atoms with Gasteiger partial charge in [-0.05, 0) is 67.6 Å². The van der Waals surface area contributed by atoms with Crippen LogP contribution < -0.4 is 5.32 Å². The number of anilines is 1. The van der Waals surface area contributed by atoms with Crippen molar-refractivity contribution in [3.63, 3.8) is 0 Å². The molecular weight excluding hydrogens is 466 g/mol. The van der Waals surface area contributed by atoms with Crippen molar-refractivity contribution in [2.75, 3.05) is 5.32 Å². The third-order valence-electron chi connectivity index (χ3n) is 7.22. The summed E-state index contributed by atoms with van der Waals surface area (Å²) >= 11 is 0. The summed E-state index contributed by atoms with van der Waals surface area (Å²) in [5.74, 6) is -0.298. The monoisotopic (exact) mass is 495 g/mol. The van der Waals surface area contributed by atoms with Crippen molar-refractivity contribution in [1.82, 2.24) is 9.97 Å². The van der Waals surface area contributed by atoms with Crippen molar-refractivity contribution in [3.8, 4) is 0 Å². The lowest BCUT2D eigenvalue weighted by Gasteiger charge is -2.22. The van der Waals surface area contributed by atoms with Crippen molar-refractivity contribution < 1.29 is 22.8 Å². The first-order chi connectivity index (χ1) is 16.7. The molecular formula is C26H29N3O5S. The molecule has 0 unspecified atom stereocenters. The number of benzene rings is 1. The van der Waals surface area contributed by atoms with Crippen LogP contribution in [0.4, 0.5) is 5.82 Å². The summed E-state index contributed by atoms with van der Waals surface area (Å²) < 4.78 is 26.1. The minimum Gasteiger partial charge on any atom is -0.309 e. The van der Waals surface area contributed by atoms with Gasteiger partial charge in [0.05, 0.1) is 28.5 Å². The molecule has 0 spiro atoms. The van der Waals surface area contributed by atoms with Crippen molar-refractivity contribution in [3.05, 3.63) is 47.4 Å². The van der Waals surface area contributed by atoms with E-state index < -0.39 is 15.8 Å². The van der Waals surface area contributed by atoms with E-state index in [0.29, 0.717) is 37.0 Å². The Morgan fingerprint density at radius 1 is 1.09 bits per heavy atom.